The Morgan fingerprint density at radius 2 is 1.11 bits per heavy atom. The minimum Gasteiger partial charge on any atom is -0.870 e. The molecule has 0 atom stereocenters. The third-order valence-corrected chi connectivity index (χ3v) is 17.2. The molecule has 0 amide bonds. The Kier molecular flexibility index (Phi) is 7.69. The Morgan fingerprint density at radius 3 is 1.11 bits per heavy atom. The quantitative estimate of drug-likeness (QED) is 0.699. The summed E-state index contributed by atoms with van der Waals surface area (Å²) in [6.45, 7) is 7.09. The van der Waals surface area contributed by atoms with Gasteiger partial charge in [0.25, 0.3) is 0 Å². The van der Waals surface area contributed by atoms with Crippen LogP contribution in [-0.4, -0.2) is 24.3 Å². The second kappa shape index (κ2) is 5.55. The van der Waals surface area contributed by atoms with Gasteiger partial charge in [-0.15, -0.1) is 0 Å². The minimum absolute atomic E-state index is 0. The molecule has 0 aromatic heterocycles. The standard InChI is InChI=1S/3C2H5.CH3.H2O.Sb.H/c3*1-2;;;;/h3*1H2,2H3;1H3;1H2;;/p-1. The second-order valence-electron chi connectivity index (χ2n) is 2.87. The van der Waals surface area contributed by atoms with E-state index in [0.717, 1.165) is 0 Å². The molecule has 0 aliphatic rings. The minimum atomic E-state index is -1.34. The fourth-order valence-corrected chi connectivity index (χ4v) is 5.03. The van der Waals surface area contributed by atoms with Crippen molar-refractivity contribution in [3.63, 3.8) is 0 Å². The fraction of sp³-hybridized carbons (Fsp3) is 1.00. The molecule has 0 heterocycles. The predicted octanol–water partition coefficient (Wildman–Crippen LogP) is 2.68. The summed E-state index contributed by atoms with van der Waals surface area (Å²) in [4.78, 5) is 2.56. The summed E-state index contributed by atoms with van der Waals surface area (Å²) in [6, 6.07) is 0. The van der Waals surface area contributed by atoms with Crippen LogP contribution in [0.2, 0.25) is 18.0 Å². The van der Waals surface area contributed by atoms with Crippen molar-refractivity contribution in [2.24, 2.45) is 0 Å². The summed E-state index contributed by atoms with van der Waals surface area (Å²) in [7, 11) is 0. The summed E-state index contributed by atoms with van der Waals surface area (Å²) in [5, 5.41) is 0. The molecule has 0 spiro atoms. The molecule has 0 rings (SSSR count). The van der Waals surface area contributed by atoms with E-state index in [4.69, 9.17) is 0 Å². The van der Waals surface area contributed by atoms with E-state index in [-0.39, 0.29) is 5.48 Å². The Hall–Kier alpha value is 0.778. The van der Waals surface area contributed by atoms with Crippen molar-refractivity contribution in [1.82, 2.24) is 0 Å². The van der Waals surface area contributed by atoms with Crippen molar-refractivity contribution in [3.8, 4) is 0 Å². The Morgan fingerprint density at radius 1 is 0.889 bits per heavy atom. The fourth-order valence-electron chi connectivity index (χ4n) is 0.750. The molecule has 9 heavy (non-hydrogen) atoms. The smallest absolute Gasteiger partial charge is 0.870 e. The van der Waals surface area contributed by atoms with E-state index >= 15 is 0 Å². The van der Waals surface area contributed by atoms with Gasteiger partial charge in [0, 0.05) is 0 Å². The Labute approximate surface area is 63.1 Å². The Bertz CT molecular complexity index is 51.7. The van der Waals surface area contributed by atoms with Crippen LogP contribution in [0.15, 0.2) is 0 Å². The largest absolute Gasteiger partial charge is 0.870 e. The van der Waals surface area contributed by atoms with Crippen molar-refractivity contribution in [2.45, 2.75) is 38.7 Å². The third-order valence-electron chi connectivity index (χ3n) is 2.56. The van der Waals surface area contributed by atoms with E-state index in [1.165, 1.54) is 13.1 Å². The summed E-state index contributed by atoms with van der Waals surface area (Å²) >= 11 is -1.34. The van der Waals surface area contributed by atoms with E-state index < -0.39 is 18.8 Å². The first-order valence-corrected chi connectivity index (χ1v) is 12.6. The van der Waals surface area contributed by atoms with Crippen LogP contribution in [-0.2, 0) is 0 Å². The predicted molar refractivity (Wildman–Crippen MR) is 46.4 cm³/mol. The van der Waals surface area contributed by atoms with Gasteiger partial charge < -0.3 is 5.48 Å². The first kappa shape index (κ1) is 12.5. The zero-order chi connectivity index (χ0) is 6.62. The van der Waals surface area contributed by atoms with Crippen LogP contribution in [0.25, 0.3) is 0 Å². The maximum atomic E-state index is 2.56. The zero-order valence-corrected chi connectivity index (χ0v) is 9.92. The van der Waals surface area contributed by atoms with Crippen LogP contribution >= 0.6 is 0 Å². The molecule has 0 saturated carbocycles. The van der Waals surface area contributed by atoms with E-state index in [1.807, 2.05) is 0 Å². The van der Waals surface area contributed by atoms with Gasteiger partial charge in [-0.2, -0.15) is 0 Å². The van der Waals surface area contributed by atoms with Gasteiger partial charge in [0.2, 0.25) is 0 Å². The maximum Gasteiger partial charge on any atom is -0.870 e. The first-order chi connectivity index (χ1) is 3.68. The zero-order valence-electron chi connectivity index (χ0n) is 7.07. The molecular weight excluding hydrogens is 222 g/mol. The topological polar surface area (TPSA) is 30.0 Å². The van der Waals surface area contributed by atoms with Gasteiger partial charge in [-0.25, -0.2) is 0 Å². The van der Waals surface area contributed by atoms with Crippen molar-refractivity contribution >= 4 is 18.8 Å². The SMILES string of the molecule is C[CH2][SbH]([CH3])([CH2]C)[CH2]C.[OH-]. The molecule has 60 valence electrons. The molecule has 1 nitrogen and oxygen atoms in total. The molecule has 0 saturated heterocycles. The van der Waals surface area contributed by atoms with Crippen LogP contribution < -0.4 is 0 Å². The van der Waals surface area contributed by atoms with Gasteiger partial charge in [-0.05, 0) is 0 Å². The van der Waals surface area contributed by atoms with E-state index in [2.05, 4.69) is 25.6 Å². The Balaban J connectivity index is 0. The molecule has 0 radical (unpaired) electrons. The van der Waals surface area contributed by atoms with Crippen molar-refractivity contribution in [2.75, 3.05) is 0 Å². The summed E-state index contributed by atoms with van der Waals surface area (Å²) < 4.78 is 4.59. The number of hydrogen-bond acceptors (Lipinski definition) is 1. The monoisotopic (exact) mass is 241 g/mol. The third kappa shape index (κ3) is 4.22. The van der Waals surface area contributed by atoms with E-state index in [9.17, 15) is 0 Å². The number of rotatable bonds is 3. The van der Waals surface area contributed by atoms with Crippen molar-refractivity contribution in [1.29, 1.82) is 0 Å². The molecule has 0 fully saturated rings. The summed E-state index contributed by atoms with van der Waals surface area (Å²) in [5.41, 5.74) is 0. The van der Waals surface area contributed by atoms with Crippen molar-refractivity contribution in [3.05, 3.63) is 0 Å². The molecule has 0 aliphatic carbocycles. The molecule has 2 heteroatoms. The number of hydrogen-bond donors (Lipinski definition) is 0. The summed E-state index contributed by atoms with van der Waals surface area (Å²) in [6.07, 6.45) is 0. The molecule has 0 bridgehead atoms. The van der Waals surface area contributed by atoms with Crippen LogP contribution in [0.4, 0.5) is 0 Å². The van der Waals surface area contributed by atoms with E-state index in [1.54, 1.807) is 0 Å². The molecule has 0 aromatic rings. The van der Waals surface area contributed by atoms with Gasteiger partial charge in [0.15, 0.2) is 0 Å². The molecule has 1 N–H and O–H groups in total. The van der Waals surface area contributed by atoms with Gasteiger partial charge in [-0.3, -0.25) is 0 Å². The average molecular weight is 242 g/mol. The summed E-state index contributed by atoms with van der Waals surface area (Å²) in [5.74, 6) is 0. The van der Waals surface area contributed by atoms with Crippen molar-refractivity contribution < 1.29 is 5.48 Å². The molecular formula is C7H20OSb-. The maximum absolute atomic E-state index is 2.56. The van der Waals surface area contributed by atoms with Gasteiger partial charge >= 0.3 is 57.5 Å². The van der Waals surface area contributed by atoms with Gasteiger partial charge in [0.05, 0.1) is 0 Å². The van der Waals surface area contributed by atoms with Crippen LogP contribution in [0, 0.1) is 0 Å². The molecule has 0 aliphatic heterocycles. The normalized spacial score (nSPS) is 12.4. The van der Waals surface area contributed by atoms with Crippen LogP contribution in [0.5, 0.6) is 0 Å². The van der Waals surface area contributed by atoms with Crippen LogP contribution in [0.1, 0.15) is 20.8 Å². The van der Waals surface area contributed by atoms with E-state index in [0.29, 0.717) is 0 Å². The average Bonchev–Trinajstić information content (AvgIpc) is 1.87. The second-order valence-corrected chi connectivity index (χ2v) is 19.3. The molecule has 0 aromatic carbocycles. The molecule has 0 unspecified atom stereocenters. The van der Waals surface area contributed by atoms with Gasteiger partial charge in [-0.1, -0.05) is 0 Å². The first-order valence-electron chi connectivity index (χ1n) is 3.68. The van der Waals surface area contributed by atoms with Gasteiger partial charge in [0.1, 0.15) is 0 Å². The van der Waals surface area contributed by atoms with Crippen LogP contribution in [0.3, 0.4) is 0 Å².